The standard InChI is InChI=1S/C26H25N3O7/c1-29(18-9-5-4-6-10-18)25(32)19-11-7-8-12-20(19)26(33)36-16-23(30)27-28-24(31)17-13-14-21(34-2)22(15-17)35-3/h4-15H,16H2,1-3H3,(H,27,30)(H,28,31). The molecule has 0 heterocycles. The van der Waals surface area contributed by atoms with Gasteiger partial charge < -0.3 is 19.1 Å². The maximum absolute atomic E-state index is 13.0. The third-order valence-electron chi connectivity index (χ3n) is 5.12. The van der Waals surface area contributed by atoms with Crippen LogP contribution in [0.25, 0.3) is 0 Å². The molecule has 3 aromatic carbocycles. The van der Waals surface area contributed by atoms with Gasteiger partial charge in [0.05, 0.1) is 25.3 Å². The average Bonchev–Trinajstić information content (AvgIpc) is 2.93. The number of para-hydroxylation sites is 1. The maximum atomic E-state index is 13.0. The third-order valence-corrected chi connectivity index (χ3v) is 5.12. The van der Waals surface area contributed by atoms with Crippen molar-refractivity contribution in [3.63, 3.8) is 0 Å². The van der Waals surface area contributed by atoms with E-state index in [-0.39, 0.29) is 16.7 Å². The lowest BCUT2D eigenvalue weighted by atomic mass is 10.1. The van der Waals surface area contributed by atoms with Crippen LogP contribution in [-0.4, -0.2) is 51.6 Å². The van der Waals surface area contributed by atoms with Crippen molar-refractivity contribution >= 4 is 29.4 Å². The lowest BCUT2D eigenvalue weighted by Crippen LogP contribution is -2.43. The van der Waals surface area contributed by atoms with Crippen molar-refractivity contribution < 1.29 is 33.4 Å². The van der Waals surface area contributed by atoms with Crippen molar-refractivity contribution in [3.05, 3.63) is 89.5 Å². The van der Waals surface area contributed by atoms with Gasteiger partial charge in [-0.2, -0.15) is 0 Å². The summed E-state index contributed by atoms with van der Waals surface area (Å²) in [5, 5.41) is 0. The Morgan fingerprint density at radius 2 is 1.42 bits per heavy atom. The van der Waals surface area contributed by atoms with Crippen molar-refractivity contribution in [2.45, 2.75) is 0 Å². The van der Waals surface area contributed by atoms with Crippen molar-refractivity contribution in [3.8, 4) is 11.5 Å². The fourth-order valence-electron chi connectivity index (χ4n) is 3.22. The summed E-state index contributed by atoms with van der Waals surface area (Å²) >= 11 is 0. The molecule has 0 spiro atoms. The molecule has 3 rings (SSSR count). The van der Waals surface area contributed by atoms with Crippen LogP contribution in [0.15, 0.2) is 72.8 Å². The van der Waals surface area contributed by atoms with Gasteiger partial charge in [0.1, 0.15) is 0 Å². The highest BCUT2D eigenvalue weighted by Crippen LogP contribution is 2.27. The van der Waals surface area contributed by atoms with Gasteiger partial charge in [0.2, 0.25) is 0 Å². The number of carbonyl (C=O) groups is 4. The number of nitrogens with one attached hydrogen (secondary N) is 2. The second-order valence-corrected chi connectivity index (χ2v) is 7.39. The molecule has 0 aromatic heterocycles. The number of amides is 3. The Kier molecular flexibility index (Phi) is 8.60. The Bertz CT molecular complexity index is 1260. The molecular formula is C26H25N3O7. The number of anilines is 1. The fourth-order valence-corrected chi connectivity index (χ4v) is 3.22. The zero-order chi connectivity index (χ0) is 26.1. The number of carbonyl (C=O) groups excluding carboxylic acids is 4. The zero-order valence-corrected chi connectivity index (χ0v) is 19.9. The number of hydrogen-bond donors (Lipinski definition) is 2. The molecule has 3 aromatic rings. The molecule has 0 unspecified atom stereocenters. The first-order valence-electron chi connectivity index (χ1n) is 10.8. The van der Waals surface area contributed by atoms with Crippen molar-refractivity contribution in [1.82, 2.24) is 10.9 Å². The Hall–Kier alpha value is -4.86. The predicted molar refractivity (Wildman–Crippen MR) is 131 cm³/mol. The van der Waals surface area contributed by atoms with Gasteiger partial charge in [-0.1, -0.05) is 30.3 Å². The van der Waals surface area contributed by atoms with Crippen LogP contribution in [0.4, 0.5) is 5.69 Å². The molecule has 10 nitrogen and oxygen atoms in total. The molecule has 0 atom stereocenters. The first-order chi connectivity index (χ1) is 17.3. The lowest BCUT2D eigenvalue weighted by molar-refractivity contribution is -0.125. The highest BCUT2D eigenvalue weighted by atomic mass is 16.5. The van der Waals surface area contributed by atoms with E-state index < -0.39 is 30.3 Å². The summed E-state index contributed by atoms with van der Waals surface area (Å²) in [6, 6.07) is 19.6. The molecular weight excluding hydrogens is 466 g/mol. The summed E-state index contributed by atoms with van der Waals surface area (Å²) in [7, 11) is 4.49. The molecule has 0 aliphatic heterocycles. The van der Waals surface area contributed by atoms with E-state index in [0.29, 0.717) is 17.2 Å². The highest BCUT2D eigenvalue weighted by Gasteiger charge is 2.22. The van der Waals surface area contributed by atoms with Gasteiger partial charge in [0.25, 0.3) is 17.7 Å². The molecule has 36 heavy (non-hydrogen) atoms. The highest BCUT2D eigenvalue weighted by molar-refractivity contribution is 6.12. The van der Waals surface area contributed by atoms with Crippen molar-refractivity contribution in [2.75, 3.05) is 32.8 Å². The van der Waals surface area contributed by atoms with Gasteiger partial charge in [-0.15, -0.1) is 0 Å². The normalized spacial score (nSPS) is 10.1. The van der Waals surface area contributed by atoms with Gasteiger partial charge in [0.15, 0.2) is 18.1 Å². The summed E-state index contributed by atoms with van der Waals surface area (Å²) in [6.45, 7) is -0.678. The lowest BCUT2D eigenvalue weighted by Gasteiger charge is -2.18. The van der Waals surface area contributed by atoms with E-state index in [9.17, 15) is 19.2 Å². The Labute approximate surface area is 207 Å². The molecule has 0 saturated heterocycles. The number of benzene rings is 3. The van der Waals surface area contributed by atoms with Crippen LogP contribution in [0, 0.1) is 0 Å². The van der Waals surface area contributed by atoms with Crippen LogP contribution >= 0.6 is 0 Å². The van der Waals surface area contributed by atoms with Crippen LogP contribution in [-0.2, 0) is 9.53 Å². The topological polar surface area (TPSA) is 123 Å². The molecule has 0 radical (unpaired) electrons. The van der Waals surface area contributed by atoms with Gasteiger partial charge in [-0.05, 0) is 42.5 Å². The summed E-state index contributed by atoms with van der Waals surface area (Å²) in [5.74, 6) is -1.88. The van der Waals surface area contributed by atoms with Crippen molar-refractivity contribution in [2.24, 2.45) is 0 Å². The van der Waals surface area contributed by atoms with E-state index in [4.69, 9.17) is 14.2 Å². The van der Waals surface area contributed by atoms with Crippen LogP contribution < -0.4 is 25.2 Å². The van der Waals surface area contributed by atoms with E-state index in [1.165, 1.54) is 43.4 Å². The van der Waals surface area contributed by atoms with E-state index in [1.54, 1.807) is 49.5 Å². The number of nitrogens with zero attached hydrogens (tertiary/aromatic N) is 1. The maximum Gasteiger partial charge on any atom is 0.339 e. The molecule has 3 amide bonds. The Balaban J connectivity index is 1.58. The molecule has 10 heteroatoms. The summed E-state index contributed by atoms with van der Waals surface area (Å²) in [4.78, 5) is 51.5. The largest absolute Gasteiger partial charge is 0.493 e. The van der Waals surface area contributed by atoms with Crippen LogP contribution in [0.3, 0.4) is 0 Å². The molecule has 186 valence electrons. The van der Waals surface area contributed by atoms with Gasteiger partial charge in [-0.25, -0.2) is 4.79 Å². The molecule has 0 aliphatic carbocycles. The van der Waals surface area contributed by atoms with Crippen LogP contribution in [0.2, 0.25) is 0 Å². The molecule has 2 N–H and O–H groups in total. The summed E-state index contributed by atoms with van der Waals surface area (Å²) < 4.78 is 15.3. The Morgan fingerprint density at radius 3 is 2.08 bits per heavy atom. The van der Waals surface area contributed by atoms with Gasteiger partial charge in [0, 0.05) is 18.3 Å². The number of rotatable bonds is 8. The van der Waals surface area contributed by atoms with E-state index in [2.05, 4.69) is 10.9 Å². The number of hydrogen-bond acceptors (Lipinski definition) is 7. The number of esters is 1. The monoisotopic (exact) mass is 491 g/mol. The SMILES string of the molecule is COc1ccc(C(=O)NNC(=O)COC(=O)c2ccccc2C(=O)N(C)c2ccccc2)cc1OC. The third kappa shape index (κ3) is 6.17. The Morgan fingerprint density at radius 1 is 0.778 bits per heavy atom. The minimum absolute atomic E-state index is 0.00689. The van der Waals surface area contributed by atoms with Gasteiger partial charge >= 0.3 is 5.97 Å². The molecule has 0 aliphatic rings. The number of ether oxygens (including phenoxy) is 3. The van der Waals surface area contributed by atoms with E-state index in [1.807, 2.05) is 6.07 Å². The van der Waals surface area contributed by atoms with E-state index in [0.717, 1.165) is 0 Å². The summed E-state index contributed by atoms with van der Waals surface area (Å²) in [5.41, 5.74) is 5.38. The van der Waals surface area contributed by atoms with Crippen LogP contribution in [0.5, 0.6) is 11.5 Å². The fraction of sp³-hybridized carbons (Fsp3) is 0.154. The molecule has 0 fully saturated rings. The van der Waals surface area contributed by atoms with E-state index >= 15 is 0 Å². The van der Waals surface area contributed by atoms with Crippen molar-refractivity contribution in [1.29, 1.82) is 0 Å². The second kappa shape index (κ2) is 12.0. The van der Waals surface area contributed by atoms with Crippen LogP contribution in [0.1, 0.15) is 31.1 Å². The summed E-state index contributed by atoms with van der Waals surface area (Å²) in [6.07, 6.45) is 0. The van der Waals surface area contributed by atoms with Gasteiger partial charge in [-0.3, -0.25) is 25.2 Å². The number of hydrazine groups is 1. The first-order valence-corrected chi connectivity index (χ1v) is 10.8. The smallest absolute Gasteiger partial charge is 0.339 e. The number of methoxy groups -OCH3 is 2. The average molecular weight is 492 g/mol. The second-order valence-electron chi connectivity index (χ2n) is 7.39. The quantitative estimate of drug-likeness (QED) is 0.367. The first kappa shape index (κ1) is 25.8. The molecule has 0 saturated carbocycles. The minimum atomic E-state index is -0.859. The molecule has 0 bridgehead atoms. The minimum Gasteiger partial charge on any atom is -0.493 e. The zero-order valence-electron chi connectivity index (χ0n) is 19.9. The predicted octanol–water partition coefficient (Wildman–Crippen LogP) is 2.60.